The third-order valence-corrected chi connectivity index (χ3v) is 1.89. The fourth-order valence-corrected chi connectivity index (χ4v) is 1.03. The average molecular weight is 162 g/mol. The van der Waals surface area contributed by atoms with Gasteiger partial charge in [-0.25, -0.2) is 14.7 Å². The molecule has 0 aromatic carbocycles. The van der Waals surface area contributed by atoms with E-state index in [1.165, 1.54) is 0 Å². The van der Waals surface area contributed by atoms with Crippen LogP contribution in [0.2, 0.25) is 0 Å². The van der Waals surface area contributed by atoms with Gasteiger partial charge in [0.2, 0.25) is 0 Å². The van der Waals surface area contributed by atoms with Crippen molar-refractivity contribution in [2.45, 2.75) is 38.4 Å². The standard InChI is InChI=1S/C7H14O4/c1-7(2,11-8)6-4-3-5-9-10-6/h6,8H,3-5H2,1-2H3. The minimum atomic E-state index is -0.680. The van der Waals surface area contributed by atoms with E-state index in [4.69, 9.17) is 15.0 Å². The van der Waals surface area contributed by atoms with E-state index in [1.807, 2.05) is 0 Å². The quantitative estimate of drug-likeness (QED) is 0.492. The second-order valence-electron chi connectivity index (χ2n) is 3.24. The Kier molecular flexibility index (Phi) is 2.84. The van der Waals surface area contributed by atoms with Crippen LogP contribution in [0.1, 0.15) is 26.7 Å². The Bertz CT molecular complexity index is 118. The molecule has 0 saturated carbocycles. The van der Waals surface area contributed by atoms with E-state index in [2.05, 4.69) is 4.89 Å². The average Bonchev–Trinajstić information content (AvgIpc) is 2.06. The minimum Gasteiger partial charge on any atom is -0.251 e. The second-order valence-corrected chi connectivity index (χ2v) is 3.24. The van der Waals surface area contributed by atoms with E-state index in [9.17, 15) is 0 Å². The SMILES string of the molecule is CC(C)(OO)C1CCCOO1. The summed E-state index contributed by atoms with van der Waals surface area (Å²) in [5, 5.41) is 8.51. The largest absolute Gasteiger partial charge is 0.251 e. The van der Waals surface area contributed by atoms with Gasteiger partial charge in [-0.15, -0.1) is 0 Å². The Morgan fingerprint density at radius 1 is 1.55 bits per heavy atom. The molecule has 1 fully saturated rings. The van der Waals surface area contributed by atoms with Crippen molar-refractivity contribution in [1.82, 2.24) is 0 Å². The lowest BCUT2D eigenvalue weighted by Gasteiger charge is -2.32. The van der Waals surface area contributed by atoms with Crippen LogP contribution in [0.4, 0.5) is 0 Å². The summed E-state index contributed by atoms with van der Waals surface area (Å²) >= 11 is 0. The maximum absolute atomic E-state index is 8.51. The summed E-state index contributed by atoms with van der Waals surface area (Å²) in [4.78, 5) is 14.0. The number of rotatable bonds is 2. The molecule has 1 saturated heterocycles. The van der Waals surface area contributed by atoms with Gasteiger partial charge in [0.05, 0.1) is 6.61 Å². The van der Waals surface area contributed by atoms with Gasteiger partial charge < -0.3 is 0 Å². The Morgan fingerprint density at radius 3 is 2.73 bits per heavy atom. The van der Waals surface area contributed by atoms with Gasteiger partial charge in [0.25, 0.3) is 0 Å². The first-order valence-corrected chi connectivity index (χ1v) is 3.77. The van der Waals surface area contributed by atoms with Crippen LogP contribution in [-0.2, 0) is 14.7 Å². The summed E-state index contributed by atoms with van der Waals surface area (Å²) in [6, 6.07) is 0. The molecule has 0 aliphatic carbocycles. The van der Waals surface area contributed by atoms with Crippen molar-refractivity contribution in [3.05, 3.63) is 0 Å². The molecule has 0 bridgehead atoms. The summed E-state index contributed by atoms with van der Waals surface area (Å²) in [7, 11) is 0. The number of hydrogen-bond acceptors (Lipinski definition) is 4. The Hall–Kier alpha value is -0.160. The monoisotopic (exact) mass is 162 g/mol. The van der Waals surface area contributed by atoms with Gasteiger partial charge in [-0.1, -0.05) is 0 Å². The predicted molar refractivity (Wildman–Crippen MR) is 37.9 cm³/mol. The Balaban J connectivity index is 2.43. The second kappa shape index (κ2) is 3.49. The Labute approximate surface area is 65.9 Å². The molecule has 1 heterocycles. The van der Waals surface area contributed by atoms with Crippen molar-refractivity contribution in [3.63, 3.8) is 0 Å². The van der Waals surface area contributed by atoms with Crippen LogP contribution in [0.3, 0.4) is 0 Å². The van der Waals surface area contributed by atoms with Crippen LogP contribution >= 0.6 is 0 Å². The minimum absolute atomic E-state index is 0.179. The van der Waals surface area contributed by atoms with E-state index in [-0.39, 0.29) is 6.10 Å². The van der Waals surface area contributed by atoms with Crippen molar-refractivity contribution >= 4 is 0 Å². The van der Waals surface area contributed by atoms with Crippen molar-refractivity contribution in [2.24, 2.45) is 0 Å². The molecule has 0 aromatic heterocycles. The summed E-state index contributed by atoms with van der Waals surface area (Å²) in [6.07, 6.45) is 1.62. The fourth-order valence-electron chi connectivity index (χ4n) is 1.03. The van der Waals surface area contributed by atoms with Gasteiger partial charge in [-0.3, -0.25) is 5.26 Å². The van der Waals surface area contributed by atoms with E-state index >= 15 is 0 Å². The van der Waals surface area contributed by atoms with Gasteiger partial charge in [0.15, 0.2) is 0 Å². The highest BCUT2D eigenvalue weighted by molar-refractivity contribution is 4.79. The molecule has 1 unspecified atom stereocenters. The molecule has 1 rings (SSSR count). The third kappa shape index (κ3) is 2.13. The summed E-state index contributed by atoms with van der Waals surface area (Å²) < 4.78 is 0. The molecule has 1 aliphatic rings. The van der Waals surface area contributed by atoms with Gasteiger partial charge in [-0.05, 0) is 26.7 Å². The highest BCUT2D eigenvalue weighted by Gasteiger charge is 2.34. The molecule has 4 nitrogen and oxygen atoms in total. The molecule has 0 radical (unpaired) electrons. The first kappa shape index (κ1) is 8.93. The molecule has 0 spiro atoms. The molecule has 0 aromatic rings. The van der Waals surface area contributed by atoms with Gasteiger partial charge in [0.1, 0.15) is 11.7 Å². The van der Waals surface area contributed by atoms with Gasteiger partial charge >= 0.3 is 0 Å². The van der Waals surface area contributed by atoms with E-state index < -0.39 is 5.60 Å². The number of hydrogen-bond donors (Lipinski definition) is 1. The highest BCUT2D eigenvalue weighted by atomic mass is 17.2. The van der Waals surface area contributed by atoms with Crippen LogP contribution < -0.4 is 0 Å². The highest BCUT2D eigenvalue weighted by Crippen LogP contribution is 2.24. The van der Waals surface area contributed by atoms with Crippen LogP contribution in [0.15, 0.2) is 0 Å². The summed E-state index contributed by atoms with van der Waals surface area (Å²) in [5.41, 5.74) is -0.680. The molecule has 1 N–H and O–H groups in total. The topological polar surface area (TPSA) is 47.9 Å². The van der Waals surface area contributed by atoms with Crippen molar-refractivity contribution in [2.75, 3.05) is 6.61 Å². The van der Waals surface area contributed by atoms with Gasteiger partial charge in [-0.2, -0.15) is 0 Å². The lowest BCUT2D eigenvalue weighted by Crippen LogP contribution is -2.42. The van der Waals surface area contributed by atoms with Crippen molar-refractivity contribution < 1.29 is 19.9 Å². The van der Waals surface area contributed by atoms with Crippen LogP contribution in [0.5, 0.6) is 0 Å². The maximum Gasteiger partial charge on any atom is 0.127 e. The smallest absolute Gasteiger partial charge is 0.127 e. The predicted octanol–water partition coefficient (Wildman–Crippen LogP) is 1.37. The van der Waals surface area contributed by atoms with Crippen LogP contribution in [0, 0.1) is 0 Å². The lowest BCUT2D eigenvalue weighted by molar-refractivity contribution is -0.412. The maximum atomic E-state index is 8.51. The molecule has 1 aliphatic heterocycles. The summed E-state index contributed by atoms with van der Waals surface area (Å²) in [6.45, 7) is 4.14. The Morgan fingerprint density at radius 2 is 2.27 bits per heavy atom. The van der Waals surface area contributed by atoms with E-state index in [0.29, 0.717) is 6.61 Å². The molecular formula is C7H14O4. The first-order chi connectivity index (χ1) is 5.17. The molecule has 0 amide bonds. The van der Waals surface area contributed by atoms with E-state index in [1.54, 1.807) is 13.8 Å². The molecule has 66 valence electrons. The molecule has 11 heavy (non-hydrogen) atoms. The van der Waals surface area contributed by atoms with Gasteiger partial charge in [0, 0.05) is 0 Å². The third-order valence-electron chi connectivity index (χ3n) is 1.89. The first-order valence-electron chi connectivity index (χ1n) is 3.77. The lowest BCUT2D eigenvalue weighted by atomic mass is 9.97. The molecule has 4 heteroatoms. The summed E-state index contributed by atoms with van der Waals surface area (Å²) in [5.74, 6) is 0. The van der Waals surface area contributed by atoms with Crippen molar-refractivity contribution in [3.8, 4) is 0 Å². The molecule has 1 atom stereocenters. The van der Waals surface area contributed by atoms with E-state index in [0.717, 1.165) is 12.8 Å². The zero-order valence-electron chi connectivity index (χ0n) is 6.87. The zero-order valence-corrected chi connectivity index (χ0v) is 6.87. The fraction of sp³-hybridized carbons (Fsp3) is 1.00. The van der Waals surface area contributed by atoms with Crippen LogP contribution in [-0.4, -0.2) is 23.6 Å². The normalized spacial score (nSPS) is 27.0. The molecular weight excluding hydrogens is 148 g/mol. The zero-order chi connectivity index (χ0) is 8.32. The van der Waals surface area contributed by atoms with Crippen LogP contribution in [0.25, 0.3) is 0 Å². The van der Waals surface area contributed by atoms with Crippen molar-refractivity contribution in [1.29, 1.82) is 0 Å².